The average Bonchev–Trinajstić information content (AvgIpc) is 2.25. The molecule has 0 bridgehead atoms. The van der Waals surface area contributed by atoms with E-state index in [9.17, 15) is 4.79 Å². The van der Waals surface area contributed by atoms with Gasteiger partial charge in [0.15, 0.2) is 11.5 Å². The van der Waals surface area contributed by atoms with Crippen LogP contribution in [-0.2, 0) is 4.79 Å². The standard InChI is InChI=1S/C11H12O4/c1-14-9-5-3-8(4-6-11(12)13)7-10(9)15-2/h3-7H,1-2H3,(H,12,13)/b6-4-. The molecular formula is C11H12O4. The molecule has 1 N–H and O–H groups in total. The van der Waals surface area contributed by atoms with Gasteiger partial charge in [-0.15, -0.1) is 0 Å². The molecule has 0 radical (unpaired) electrons. The van der Waals surface area contributed by atoms with Crippen molar-refractivity contribution in [1.29, 1.82) is 0 Å². The molecule has 0 saturated carbocycles. The van der Waals surface area contributed by atoms with Crippen molar-refractivity contribution < 1.29 is 19.4 Å². The predicted molar refractivity (Wildman–Crippen MR) is 56.2 cm³/mol. The summed E-state index contributed by atoms with van der Waals surface area (Å²) in [5.41, 5.74) is 0.745. The third-order valence-electron chi connectivity index (χ3n) is 1.83. The number of rotatable bonds is 4. The van der Waals surface area contributed by atoms with E-state index in [4.69, 9.17) is 14.6 Å². The summed E-state index contributed by atoms with van der Waals surface area (Å²) in [4.78, 5) is 10.3. The Kier molecular flexibility index (Phi) is 3.74. The van der Waals surface area contributed by atoms with Crippen molar-refractivity contribution >= 4 is 12.0 Å². The molecule has 80 valence electrons. The minimum Gasteiger partial charge on any atom is -0.493 e. The molecule has 0 aliphatic carbocycles. The molecule has 0 saturated heterocycles. The minimum atomic E-state index is -0.982. The normalized spacial score (nSPS) is 10.3. The van der Waals surface area contributed by atoms with Crippen molar-refractivity contribution in [2.45, 2.75) is 0 Å². The Morgan fingerprint density at radius 3 is 2.47 bits per heavy atom. The number of carboxylic acids is 1. The summed E-state index contributed by atoms with van der Waals surface area (Å²) in [6, 6.07) is 5.18. The number of benzene rings is 1. The van der Waals surface area contributed by atoms with Crippen LogP contribution in [0.5, 0.6) is 11.5 Å². The van der Waals surface area contributed by atoms with E-state index < -0.39 is 5.97 Å². The first kappa shape index (κ1) is 11.1. The number of hydrogen-bond acceptors (Lipinski definition) is 3. The van der Waals surface area contributed by atoms with Crippen LogP contribution in [0.25, 0.3) is 6.08 Å². The molecule has 4 nitrogen and oxygen atoms in total. The van der Waals surface area contributed by atoms with E-state index >= 15 is 0 Å². The molecule has 0 unspecified atom stereocenters. The molecule has 0 aliphatic heterocycles. The van der Waals surface area contributed by atoms with Gasteiger partial charge in [0, 0.05) is 6.08 Å². The van der Waals surface area contributed by atoms with Crippen molar-refractivity contribution in [3.63, 3.8) is 0 Å². The van der Waals surface area contributed by atoms with E-state index in [1.807, 2.05) is 0 Å². The van der Waals surface area contributed by atoms with Gasteiger partial charge in [-0.3, -0.25) is 0 Å². The van der Waals surface area contributed by atoms with Crippen LogP contribution >= 0.6 is 0 Å². The molecular weight excluding hydrogens is 196 g/mol. The summed E-state index contributed by atoms with van der Waals surface area (Å²) in [5.74, 6) is 0.208. The third-order valence-corrected chi connectivity index (χ3v) is 1.83. The van der Waals surface area contributed by atoms with E-state index in [0.29, 0.717) is 11.5 Å². The fraction of sp³-hybridized carbons (Fsp3) is 0.182. The predicted octanol–water partition coefficient (Wildman–Crippen LogP) is 1.80. The molecule has 4 heteroatoms. The summed E-state index contributed by atoms with van der Waals surface area (Å²) in [5, 5.41) is 8.46. The first-order chi connectivity index (χ1) is 7.17. The lowest BCUT2D eigenvalue weighted by Crippen LogP contribution is -1.91. The smallest absolute Gasteiger partial charge is 0.328 e. The van der Waals surface area contributed by atoms with Gasteiger partial charge in [0.25, 0.3) is 0 Å². The van der Waals surface area contributed by atoms with Gasteiger partial charge >= 0.3 is 5.97 Å². The molecule has 0 amide bonds. The van der Waals surface area contributed by atoms with Crippen molar-refractivity contribution in [3.8, 4) is 11.5 Å². The summed E-state index contributed by atoms with van der Waals surface area (Å²) in [6.07, 6.45) is 2.56. The van der Waals surface area contributed by atoms with Crippen molar-refractivity contribution in [3.05, 3.63) is 29.8 Å². The monoisotopic (exact) mass is 208 g/mol. The second-order valence-corrected chi connectivity index (χ2v) is 2.79. The summed E-state index contributed by atoms with van der Waals surface area (Å²) >= 11 is 0. The van der Waals surface area contributed by atoms with Gasteiger partial charge in [0.1, 0.15) is 0 Å². The number of hydrogen-bond donors (Lipinski definition) is 1. The highest BCUT2D eigenvalue weighted by atomic mass is 16.5. The number of aliphatic carboxylic acids is 1. The highest BCUT2D eigenvalue weighted by Crippen LogP contribution is 2.27. The Morgan fingerprint density at radius 2 is 1.93 bits per heavy atom. The summed E-state index contributed by atoms with van der Waals surface area (Å²) < 4.78 is 10.1. The minimum absolute atomic E-state index is 0.574. The Labute approximate surface area is 87.7 Å². The molecule has 1 aromatic carbocycles. The van der Waals surface area contributed by atoms with Crippen LogP contribution in [-0.4, -0.2) is 25.3 Å². The first-order valence-electron chi connectivity index (χ1n) is 4.30. The van der Waals surface area contributed by atoms with Gasteiger partial charge in [-0.25, -0.2) is 4.79 Å². The van der Waals surface area contributed by atoms with Gasteiger partial charge in [0.05, 0.1) is 14.2 Å². The van der Waals surface area contributed by atoms with Crippen LogP contribution in [0.4, 0.5) is 0 Å². The Morgan fingerprint density at radius 1 is 1.27 bits per heavy atom. The van der Waals surface area contributed by atoms with Crippen LogP contribution in [0.3, 0.4) is 0 Å². The molecule has 0 fully saturated rings. The fourth-order valence-corrected chi connectivity index (χ4v) is 1.12. The van der Waals surface area contributed by atoms with E-state index in [-0.39, 0.29) is 0 Å². The molecule has 0 aromatic heterocycles. The quantitative estimate of drug-likeness (QED) is 0.766. The second kappa shape index (κ2) is 5.05. The molecule has 15 heavy (non-hydrogen) atoms. The number of ether oxygens (including phenoxy) is 2. The lowest BCUT2D eigenvalue weighted by Gasteiger charge is -2.07. The van der Waals surface area contributed by atoms with Gasteiger partial charge in [-0.1, -0.05) is 6.07 Å². The van der Waals surface area contributed by atoms with Crippen molar-refractivity contribution in [2.75, 3.05) is 14.2 Å². The van der Waals surface area contributed by atoms with Crippen LogP contribution in [0, 0.1) is 0 Å². The number of carboxylic acid groups (broad SMARTS) is 1. The maximum Gasteiger partial charge on any atom is 0.328 e. The highest BCUT2D eigenvalue weighted by Gasteiger charge is 2.02. The molecule has 0 heterocycles. The molecule has 1 aromatic rings. The van der Waals surface area contributed by atoms with Gasteiger partial charge in [-0.05, 0) is 23.8 Å². The number of methoxy groups -OCH3 is 2. The summed E-state index contributed by atoms with van der Waals surface area (Å²) in [6.45, 7) is 0. The maximum atomic E-state index is 10.3. The van der Waals surface area contributed by atoms with Gasteiger partial charge in [0.2, 0.25) is 0 Å². The van der Waals surface area contributed by atoms with Crippen molar-refractivity contribution in [1.82, 2.24) is 0 Å². The van der Waals surface area contributed by atoms with E-state index in [2.05, 4.69) is 0 Å². The van der Waals surface area contributed by atoms with Gasteiger partial charge in [-0.2, -0.15) is 0 Å². The SMILES string of the molecule is COc1ccc(/C=C\C(=O)O)cc1OC. The van der Waals surface area contributed by atoms with Crippen molar-refractivity contribution in [2.24, 2.45) is 0 Å². The van der Waals surface area contributed by atoms with Crippen LogP contribution in [0.2, 0.25) is 0 Å². The Hall–Kier alpha value is -1.97. The molecule has 0 aliphatic rings. The zero-order chi connectivity index (χ0) is 11.3. The molecule has 0 spiro atoms. The van der Waals surface area contributed by atoms with Crippen LogP contribution in [0.15, 0.2) is 24.3 Å². The third kappa shape index (κ3) is 3.02. The summed E-state index contributed by atoms with van der Waals surface area (Å²) in [7, 11) is 3.08. The Balaban J connectivity index is 2.97. The van der Waals surface area contributed by atoms with E-state index in [1.54, 1.807) is 25.3 Å². The average molecular weight is 208 g/mol. The lowest BCUT2D eigenvalue weighted by atomic mass is 10.2. The van der Waals surface area contributed by atoms with E-state index in [0.717, 1.165) is 11.6 Å². The van der Waals surface area contributed by atoms with E-state index in [1.165, 1.54) is 13.2 Å². The highest BCUT2D eigenvalue weighted by molar-refractivity contribution is 5.85. The topological polar surface area (TPSA) is 55.8 Å². The molecule has 1 rings (SSSR count). The van der Waals surface area contributed by atoms with Crippen LogP contribution < -0.4 is 9.47 Å². The lowest BCUT2D eigenvalue weighted by molar-refractivity contribution is -0.131. The number of carbonyl (C=O) groups is 1. The maximum absolute atomic E-state index is 10.3. The fourth-order valence-electron chi connectivity index (χ4n) is 1.12. The van der Waals surface area contributed by atoms with Gasteiger partial charge < -0.3 is 14.6 Å². The first-order valence-corrected chi connectivity index (χ1v) is 4.30. The zero-order valence-corrected chi connectivity index (χ0v) is 8.56. The largest absolute Gasteiger partial charge is 0.493 e. The second-order valence-electron chi connectivity index (χ2n) is 2.79. The molecule has 0 atom stereocenters. The van der Waals surface area contributed by atoms with Crippen LogP contribution in [0.1, 0.15) is 5.56 Å². The zero-order valence-electron chi connectivity index (χ0n) is 8.56. The Bertz CT molecular complexity index is 382.